The van der Waals surface area contributed by atoms with Crippen LogP contribution in [-0.2, 0) is 4.74 Å². The van der Waals surface area contributed by atoms with Crippen molar-refractivity contribution in [1.29, 1.82) is 0 Å². The number of amides is 1. The zero-order chi connectivity index (χ0) is 15.2. The molecule has 1 aromatic carbocycles. The van der Waals surface area contributed by atoms with E-state index in [1.54, 1.807) is 6.20 Å². The van der Waals surface area contributed by atoms with Gasteiger partial charge < -0.3 is 14.6 Å². The SMILES string of the molecule is COCCNC(=O)c1ccc(-n2ccnc2)c([N+](=O)[O-])c1. The molecule has 2 rings (SSSR count). The number of nitrogens with one attached hydrogen (secondary N) is 1. The van der Waals surface area contributed by atoms with Gasteiger partial charge in [-0.05, 0) is 12.1 Å². The van der Waals surface area contributed by atoms with Crippen molar-refractivity contribution in [3.05, 3.63) is 52.6 Å². The first kappa shape index (κ1) is 14.7. The fourth-order valence-electron chi connectivity index (χ4n) is 1.80. The number of imidazole rings is 1. The van der Waals surface area contributed by atoms with Crippen molar-refractivity contribution in [2.75, 3.05) is 20.3 Å². The number of hydrogen-bond acceptors (Lipinski definition) is 5. The summed E-state index contributed by atoms with van der Waals surface area (Å²) < 4.78 is 6.34. The van der Waals surface area contributed by atoms with Crippen LogP contribution in [0.1, 0.15) is 10.4 Å². The van der Waals surface area contributed by atoms with Gasteiger partial charge in [-0.15, -0.1) is 0 Å². The highest BCUT2D eigenvalue weighted by Gasteiger charge is 2.18. The summed E-state index contributed by atoms with van der Waals surface area (Å²) in [6.07, 6.45) is 4.58. The van der Waals surface area contributed by atoms with Gasteiger partial charge in [0.15, 0.2) is 0 Å². The van der Waals surface area contributed by atoms with E-state index in [4.69, 9.17) is 4.74 Å². The Labute approximate surface area is 120 Å². The van der Waals surface area contributed by atoms with Crippen molar-refractivity contribution in [2.45, 2.75) is 0 Å². The number of nitrogens with zero attached hydrogens (tertiary/aromatic N) is 3. The van der Waals surface area contributed by atoms with Crippen molar-refractivity contribution >= 4 is 11.6 Å². The Morgan fingerprint density at radius 2 is 2.33 bits per heavy atom. The fraction of sp³-hybridized carbons (Fsp3) is 0.231. The third kappa shape index (κ3) is 3.42. The Morgan fingerprint density at radius 3 is 2.95 bits per heavy atom. The number of hydrogen-bond donors (Lipinski definition) is 1. The summed E-state index contributed by atoms with van der Waals surface area (Å²) in [5.41, 5.74) is 0.417. The number of benzene rings is 1. The van der Waals surface area contributed by atoms with Gasteiger partial charge in [0.05, 0.1) is 17.9 Å². The molecule has 21 heavy (non-hydrogen) atoms. The number of methoxy groups -OCH3 is 1. The zero-order valence-electron chi connectivity index (χ0n) is 11.4. The van der Waals surface area contributed by atoms with E-state index in [-0.39, 0.29) is 17.2 Å². The van der Waals surface area contributed by atoms with Gasteiger partial charge >= 0.3 is 0 Å². The van der Waals surface area contributed by atoms with Crippen molar-refractivity contribution in [2.24, 2.45) is 0 Å². The first-order valence-electron chi connectivity index (χ1n) is 6.17. The minimum absolute atomic E-state index is 0.160. The Kier molecular flexibility index (Phi) is 4.62. The van der Waals surface area contributed by atoms with E-state index in [1.165, 1.54) is 42.4 Å². The normalized spacial score (nSPS) is 10.3. The molecule has 0 unspecified atom stereocenters. The molecule has 0 saturated heterocycles. The van der Waals surface area contributed by atoms with Gasteiger partial charge in [-0.1, -0.05) is 0 Å². The second-order valence-corrected chi connectivity index (χ2v) is 4.18. The van der Waals surface area contributed by atoms with E-state index < -0.39 is 4.92 Å². The van der Waals surface area contributed by atoms with Gasteiger partial charge in [-0.2, -0.15) is 0 Å². The van der Waals surface area contributed by atoms with E-state index in [1.807, 2.05) is 0 Å². The fourth-order valence-corrected chi connectivity index (χ4v) is 1.80. The van der Waals surface area contributed by atoms with Gasteiger partial charge in [-0.25, -0.2) is 4.98 Å². The van der Waals surface area contributed by atoms with Crippen molar-refractivity contribution in [3.63, 3.8) is 0 Å². The van der Waals surface area contributed by atoms with Crippen LogP contribution in [-0.4, -0.2) is 40.6 Å². The molecule has 1 amide bonds. The second kappa shape index (κ2) is 6.62. The number of aromatic nitrogens is 2. The highest BCUT2D eigenvalue weighted by molar-refractivity contribution is 5.95. The van der Waals surface area contributed by atoms with Crippen LogP contribution in [0.4, 0.5) is 5.69 Å². The molecule has 0 fully saturated rings. The molecule has 0 radical (unpaired) electrons. The van der Waals surface area contributed by atoms with Crippen molar-refractivity contribution < 1.29 is 14.5 Å². The van der Waals surface area contributed by atoms with Gasteiger partial charge in [0.2, 0.25) is 0 Å². The van der Waals surface area contributed by atoms with Crippen LogP contribution in [0.25, 0.3) is 5.69 Å². The number of ether oxygens (including phenoxy) is 1. The van der Waals surface area contributed by atoms with Crippen LogP contribution in [0, 0.1) is 10.1 Å². The molecule has 0 saturated carbocycles. The largest absolute Gasteiger partial charge is 0.383 e. The van der Waals surface area contributed by atoms with Crippen LogP contribution in [0.2, 0.25) is 0 Å². The summed E-state index contributed by atoms with van der Waals surface area (Å²) >= 11 is 0. The molecule has 1 heterocycles. The molecule has 110 valence electrons. The van der Waals surface area contributed by atoms with Crippen LogP contribution < -0.4 is 5.32 Å². The Bertz CT molecular complexity index is 640. The first-order valence-corrected chi connectivity index (χ1v) is 6.17. The summed E-state index contributed by atoms with van der Waals surface area (Å²) in [5, 5.41) is 13.8. The van der Waals surface area contributed by atoms with Crippen LogP contribution in [0.15, 0.2) is 36.9 Å². The van der Waals surface area contributed by atoms with Gasteiger partial charge in [0.25, 0.3) is 11.6 Å². The number of carbonyl (C=O) groups is 1. The molecule has 0 spiro atoms. The minimum Gasteiger partial charge on any atom is -0.383 e. The Morgan fingerprint density at radius 1 is 1.52 bits per heavy atom. The van der Waals surface area contributed by atoms with Gasteiger partial charge in [0, 0.05) is 37.7 Å². The average Bonchev–Trinajstić information content (AvgIpc) is 3.00. The maximum Gasteiger partial charge on any atom is 0.294 e. The Hall–Kier alpha value is -2.74. The Balaban J connectivity index is 2.28. The predicted octanol–water partition coefficient (Wildman–Crippen LogP) is 1.16. The third-order valence-electron chi connectivity index (χ3n) is 2.81. The number of nitro groups is 1. The molecule has 8 heteroatoms. The second-order valence-electron chi connectivity index (χ2n) is 4.18. The van der Waals surface area contributed by atoms with E-state index in [9.17, 15) is 14.9 Å². The van der Waals surface area contributed by atoms with Crippen LogP contribution in [0.5, 0.6) is 0 Å². The summed E-state index contributed by atoms with van der Waals surface area (Å²) in [4.78, 5) is 26.4. The summed E-state index contributed by atoms with van der Waals surface area (Å²) in [6, 6.07) is 4.30. The standard InChI is InChI=1S/C13H14N4O4/c1-21-7-5-15-13(18)10-2-3-11(12(8-10)17(19)20)16-6-4-14-9-16/h2-4,6,8-9H,5,7H2,1H3,(H,15,18). The molecule has 2 aromatic rings. The number of nitro benzene ring substituents is 1. The van der Waals surface area contributed by atoms with E-state index in [2.05, 4.69) is 10.3 Å². The molecule has 0 bridgehead atoms. The maximum absolute atomic E-state index is 11.9. The molecule has 0 atom stereocenters. The lowest BCUT2D eigenvalue weighted by Crippen LogP contribution is -2.27. The molecule has 8 nitrogen and oxygen atoms in total. The van der Waals surface area contributed by atoms with Crippen LogP contribution >= 0.6 is 0 Å². The maximum atomic E-state index is 11.9. The monoisotopic (exact) mass is 290 g/mol. The van der Waals surface area contributed by atoms with Crippen molar-refractivity contribution in [3.8, 4) is 5.69 Å². The number of carbonyl (C=O) groups excluding carboxylic acids is 1. The molecule has 1 N–H and O–H groups in total. The minimum atomic E-state index is -0.527. The lowest BCUT2D eigenvalue weighted by atomic mass is 10.1. The van der Waals surface area contributed by atoms with Gasteiger partial charge in [-0.3, -0.25) is 14.9 Å². The smallest absolute Gasteiger partial charge is 0.294 e. The van der Waals surface area contributed by atoms with E-state index in [0.717, 1.165) is 0 Å². The van der Waals surface area contributed by atoms with Gasteiger partial charge in [0.1, 0.15) is 5.69 Å². The summed E-state index contributed by atoms with van der Waals surface area (Å²) in [7, 11) is 1.52. The lowest BCUT2D eigenvalue weighted by Gasteiger charge is -2.07. The lowest BCUT2D eigenvalue weighted by molar-refractivity contribution is -0.384. The topological polar surface area (TPSA) is 99.3 Å². The highest BCUT2D eigenvalue weighted by atomic mass is 16.6. The van der Waals surface area contributed by atoms with Crippen molar-refractivity contribution in [1.82, 2.24) is 14.9 Å². The summed E-state index contributed by atoms with van der Waals surface area (Å²) in [6.45, 7) is 0.716. The first-order chi connectivity index (χ1) is 10.1. The molecular weight excluding hydrogens is 276 g/mol. The number of rotatable bonds is 6. The van der Waals surface area contributed by atoms with Crippen LogP contribution in [0.3, 0.4) is 0 Å². The average molecular weight is 290 g/mol. The molecule has 1 aromatic heterocycles. The zero-order valence-corrected chi connectivity index (χ0v) is 11.4. The third-order valence-corrected chi connectivity index (χ3v) is 2.81. The predicted molar refractivity (Wildman–Crippen MR) is 74.4 cm³/mol. The molecule has 0 aliphatic carbocycles. The molecular formula is C13H14N4O4. The quantitative estimate of drug-likeness (QED) is 0.489. The molecule has 0 aliphatic heterocycles. The summed E-state index contributed by atoms with van der Waals surface area (Å²) in [5.74, 6) is -0.382. The highest BCUT2D eigenvalue weighted by Crippen LogP contribution is 2.24. The van der Waals surface area contributed by atoms with E-state index in [0.29, 0.717) is 18.8 Å². The molecule has 0 aliphatic rings. The van der Waals surface area contributed by atoms with E-state index >= 15 is 0 Å².